The fourth-order valence-electron chi connectivity index (χ4n) is 1.48. The van der Waals surface area contributed by atoms with Crippen LogP contribution in [-0.2, 0) is 0 Å². The van der Waals surface area contributed by atoms with Crippen molar-refractivity contribution in [3.63, 3.8) is 0 Å². The van der Waals surface area contributed by atoms with Gasteiger partial charge < -0.3 is 10.1 Å². The summed E-state index contributed by atoms with van der Waals surface area (Å²) in [7, 11) is 0. The van der Waals surface area contributed by atoms with Crippen LogP contribution >= 0.6 is 11.6 Å². The van der Waals surface area contributed by atoms with E-state index in [-0.39, 0.29) is 0 Å². The number of halogens is 1. The number of hydrogen-bond acceptors (Lipinski definition) is 2. The third-order valence-electron chi connectivity index (χ3n) is 2.68. The Bertz CT molecular complexity index is 321. The van der Waals surface area contributed by atoms with Gasteiger partial charge in [0.15, 0.2) is 0 Å². The number of rotatable bonds is 6. The first kappa shape index (κ1) is 11.7. The molecular formula is C13H18ClNO. The van der Waals surface area contributed by atoms with E-state index < -0.39 is 0 Å². The Morgan fingerprint density at radius 1 is 1.38 bits per heavy atom. The zero-order valence-corrected chi connectivity index (χ0v) is 10.3. The van der Waals surface area contributed by atoms with E-state index in [0.29, 0.717) is 5.92 Å². The average Bonchev–Trinajstić information content (AvgIpc) is 3.09. The molecule has 1 saturated carbocycles. The Hall–Kier alpha value is -0.730. The van der Waals surface area contributed by atoms with Gasteiger partial charge in [0.1, 0.15) is 5.75 Å². The third-order valence-corrected chi connectivity index (χ3v) is 2.93. The Morgan fingerprint density at radius 3 is 2.69 bits per heavy atom. The fraction of sp³-hybridized carbons (Fsp3) is 0.538. The van der Waals surface area contributed by atoms with E-state index in [4.69, 9.17) is 16.3 Å². The van der Waals surface area contributed by atoms with Gasteiger partial charge in [-0.15, -0.1) is 0 Å². The monoisotopic (exact) mass is 239 g/mol. The van der Waals surface area contributed by atoms with Gasteiger partial charge in [0, 0.05) is 23.5 Å². The van der Waals surface area contributed by atoms with Gasteiger partial charge in [0.05, 0.1) is 6.61 Å². The smallest absolute Gasteiger partial charge is 0.119 e. The lowest BCUT2D eigenvalue weighted by molar-refractivity contribution is 0.255. The molecule has 1 unspecified atom stereocenters. The van der Waals surface area contributed by atoms with Crippen LogP contribution in [-0.4, -0.2) is 19.2 Å². The number of ether oxygens (including phenoxy) is 1. The zero-order chi connectivity index (χ0) is 11.4. The highest BCUT2D eigenvalue weighted by Gasteiger charge is 2.20. The lowest BCUT2D eigenvalue weighted by atomic mass is 10.2. The normalized spacial score (nSPS) is 17.1. The lowest BCUT2D eigenvalue weighted by Crippen LogP contribution is -2.26. The van der Waals surface area contributed by atoms with E-state index in [9.17, 15) is 0 Å². The summed E-state index contributed by atoms with van der Waals surface area (Å²) in [6, 6.07) is 8.29. The minimum Gasteiger partial charge on any atom is -0.493 e. The lowest BCUT2D eigenvalue weighted by Gasteiger charge is -2.13. The van der Waals surface area contributed by atoms with Gasteiger partial charge in [0.2, 0.25) is 0 Å². The summed E-state index contributed by atoms with van der Waals surface area (Å²) in [6.07, 6.45) is 2.68. The molecule has 0 heterocycles. The van der Waals surface area contributed by atoms with E-state index in [1.54, 1.807) is 0 Å². The largest absolute Gasteiger partial charge is 0.493 e. The van der Waals surface area contributed by atoms with Crippen molar-refractivity contribution >= 4 is 11.6 Å². The summed E-state index contributed by atoms with van der Waals surface area (Å²) in [5.41, 5.74) is 0. The van der Waals surface area contributed by atoms with Crippen molar-refractivity contribution in [2.24, 2.45) is 5.92 Å². The second-order valence-corrected chi connectivity index (χ2v) is 4.99. The molecule has 0 saturated heterocycles. The maximum atomic E-state index is 5.80. The molecule has 0 aliphatic heterocycles. The van der Waals surface area contributed by atoms with Gasteiger partial charge in [0.25, 0.3) is 0 Å². The predicted molar refractivity (Wildman–Crippen MR) is 67.1 cm³/mol. The van der Waals surface area contributed by atoms with Crippen LogP contribution in [0.25, 0.3) is 0 Å². The second kappa shape index (κ2) is 5.55. The third kappa shape index (κ3) is 4.03. The molecule has 1 aliphatic rings. The van der Waals surface area contributed by atoms with Gasteiger partial charge in [-0.05, 0) is 37.1 Å². The summed E-state index contributed by atoms with van der Waals surface area (Å²) in [4.78, 5) is 0. The molecule has 0 aromatic heterocycles. The SMILES string of the molecule is CC(CNC1CC1)COc1ccc(Cl)cc1. The average molecular weight is 240 g/mol. The summed E-state index contributed by atoms with van der Waals surface area (Å²) in [6.45, 7) is 3.99. The van der Waals surface area contributed by atoms with Crippen molar-refractivity contribution in [3.05, 3.63) is 29.3 Å². The second-order valence-electron chi connectivity index (χ2n) is 4.55. The molecule has 16 heavy (non-hydrogen) atoms. The van der Waals surface area contributed by atoms with Crippen molar-refractivity contribution in [2.75, 3.05) is 13.2 Å². The zero-order valence-electron chi connectivity index (χ0n) is 9.58. The minimum atomic E-state index is 0.538. The summed E-state index contributed by atoms with van der Waals surface area (Å²) >= 11 is 5.80. The van der Waals surface area contributed by atoms with Crippen LogP contribution in [0.3, 0.4) is 0 Å². The topological polar surface area (TPSA) is 21.3 Å². The molecule has 1 atom stereocenters. The highest BCUT2D eigenvalue weighted by atomic mass is 35.5. The standard InChI is InChI=1S/C13H18ClNO/c1-10(8-15-12-4-5-12)9-16-13-6-2-11(14)3-7-13/h2-3,6-7,10,12,15H,4-5,8-9H2,1H3. The number of hydrogen-bond donors (Lipinski definition) is 1. The molecule has 0 amide bonds. The summed E-state index contributed by atoms with van der Waals surface area (Å²) in [5.74, 6) is 1.43. The first-order chi connectivity index (χ1) is 7.74. The number of benzene rings is 1. The summed E-state index contributed by atoms with van der Waals surface area (Å²) < 4.78 is 5.68. The van der Waals surface area contributed by atoms with E-state index >= 15 is 0 Å². The molecule has 1 aromatic carbocycles. The minimum absolute atomic E-state index is 0.538. The highest BCUT2D eigenvalue weighted by molar-refractivity contribution is 6.30. The van der Waals surface area contributed by atoms with Crippen LogP contribution in [0.4, 0.5) is 0 Å². The van der Waals surface area contributed by atoms with Crippen molar-refractivity contribution in [2.45, 2.75) is 25.8 Å². The van der Waals surface area contributed by atoms with Gasteiger partial charge in [-0.2, -0.15) is 0 Å². The molecule has 0 radical (unpaired) electrons. The van der Waals surface area contributed by atoms with Crippen LogP contribution in [0.1, 0.15) is 19.8 Å². The molecule has 3 heteroatoms. The Labute approximate surface area is 102 Å². The van der Waals surface area contributed by atoms with Crippen LogP contribution < -0.4 is 10.1 Å². The molecule has 0 spiro atoms. The maximum absolute atomic E-state index is 5.80. The molecule has 1 aliphatic carbocycles. The number of nitrogens with one attached hydrogen (secondary N) is 1. The van der Waals surface area contributed by atoms with Crippen molar-refractivity contribution in [1.29, 1.82) is 0 Å². The molecular weight excluding hydrogens is 222 g/mol. The van der Waals surface area contributed by atoms with Gasteiger partial charge in [-0.3, -0.25) is 0 Å². The first-order valence-electron chi connectivity index (χ1n) is 5.86. The fourth-order valence-corrected chi connectivity index (χ4v) is 1.61. The molecule has 1 aromatic rings. The van der Waals surface area contributed by atoms with Crippen molar-refractivity contribution < 1.29 is 4.74 Å². The molecule has 1 N–H and O–H groups in total. The van der Waals surface area contributed by atoms with Gasteiger partial charge >= 0.3 is 0 Å². The van der Waals surface area contributed by atoms with Crippen LogP contribution in [0.2, 0.25) is 5.02 Å². The van der Waals surface area contributed by atoms with Crippen LogP contribution in [0, 0.1) is 5.92 Å². The van der Waals surface area contributed by atoms with Crippen LogP contribution in [0.5, 0.6) is 5.75 Å². The van der Waals surface area contributed by atoms with Gasteiger partial charge in [-0.1, -0.05) is 18.5 Å². The van der Waals surface area contributed by atoms with E-state index in [1.807, 2.05) is 24.3 Å². The molecule has 1 fully saturated rings. The highest BCUT2D eigenvalue weighted by Crippen LogP contribution is 2.19. The molecule has 0 bridgehead atoms. The van der Waals surface area contributed by atoms with E-state index in [0.717, 1.165) is 30.0 Å². The predicted octanol–water partition coefficient (Wildman–Crippen LogP) is 3.11. The Morgan fingerprint density at radius 2 is 2.06 bits per heavy atom. The molecule has 2 nitrogen and oxygen atoms in total. The van der Waals surface area contributed by atoms with Crippen molar-refractivity contribution in [1.82, 2.24) is 5.32 Å². The Balaban J connectivity index is 1.67. The maximum Gasteiger partial charge on any atom is 0.119 e. The first-order valence-corrected chi connectivity index (χ1v) is 6.23. The van der Waals surface area contributed by atoms with Crippen molar-refractivity contribution in [3.8, 4) is 5.75 Å². The quantitative estimate of drug-likeness (QED) is 0.824. The molecule has 88 valence electrons. The Kier molecular flexibility index (Phi) is 4.08. The van der Waals surface area contributed by atoms with E-state index in [2.05, 4.69) is 12.2 Å². The van der Waals surface area contributed by atoms with E-state index in [1.165, 1.54) is 12.8 Å². The van der Waals surface area contributed by atoms with Gasteiger partial charge in [-0.25, -0.2) is 0 Å². The van der Waals surface area contributed by atoms with Crippen LogP contribution in [0.15, 0.2) is 24.3 Å². The molecule has 2 rings (SSSR count). The summed E-state index contributed by atoms with van der Waals surface area (Å²) in [5, 5.41) is 4.25.